The summed E-state index contributed by atoms with van der Waals surface area (Å²) in [4.78, 5) is 39.2. The van der Waals surface area contributed by atoms with Crippen molar-refractivity contribution in [2.75, 3.05) is 13.7 Å². The Bertz CT molecular complexity index is 903. The molecule has 152 valence electrons. The third kappa shape index (κ3) is 6.35. The van der Waals surface area contributed by atoms with E-state index in [0.717, 1.165) is 0 Å². The fourth-order valence-electron chi connectivity index (χ4n) is 2.28. The molecule has 0 fully saturated rings. The number of hydrogen-bond donors (Lipinski definition) is 3. The van der Waals surface area contributed by atoms with Gasteiger partial charge in [0.2, 0.25) is 0 Å². The second-order valence-electron chi connectivity index (χ2n) is 6.04. The van der Waals surface area contributed by atoms with Crippen LogP contribution in [0.3, 0.4) is 0 Å². The van der Waals surface area contributed by atoms with Crippen LogP contribution in [0.2, 0.25) is 0 Å². The van der Waals surface area contributed by atoms with Crippen molar-refractivity contribution in [3.05, 3.63) is 59.7 Å². The monoisotopic (exact) mass is 398 g/mol. The third-order valence-corrected chi connectivity index (χ3v) is 3.93. The maximum absolute atomic E-state index is 12.2. The van der Waals surface area contributed by atoms with Crippen molar-refractivity contribution >= 4 is 29.5 Å². The molecule has 0 bridgehead atoms. The number of carbonyl (C=O) groups excluding carboxylic acids is 3. The summed E-state index contributed by atoms with van der Waals surface area (Å²) in [7, 11) is 1.46. The van der Waals surface area contributed by atoms with Crippen molar-refractivity contribution in [2.24, 2.45) is 16.5 Å². The average molecular weight is 398 g/mol. The van der Waals surface area contributed by atoms with Crippen LogP contribution >= 0.6 is 0 Å². The largest absolute Gasteiger partial charge is 0.455 e. The van der Waals surface area contributed by atoms with Crippen LogP contribution in [0.1, 0.15) is 28.8 Å². The first-order chi connectivity index (χ1) is 13.8. The number of nitrogens with one attached hydrogen (secondary N) is 1. The molecule has 29 heavy (non-hydrogen) atoms. The van der Waals surface area contributed by atoms with Crippen LogP contribution in [0.15, 0.2) is 53.5 Å². The topological polar surface area (TPSA) is 146 Å². The third-order valence-electron chi connectivity index (χ3n) is 3.93. The SMILES string of the molecule is CNC(=O)COC(=O)C(C)c1ccc(OC(=O)c2ccc(N=C(N)N)cc2)cc1. The van der Waals surface area contributed by atoms with Gasteiger partial charge in [0.15, 0.2) is 12.6 Å². The lowest BCUT2D eigenvalue weighted by Gasteiger charge is -2.12. The number of esters is 2. The number of rotatable bonds is 7. The van der Waals surface area contributed by atoms with Crippen molar-refractivity contribution in [3.8, 4) is 5.75 Å². The molecule has 2 aromatic rings. The standard InChI is InChI=1S/C20H22N4O5/c1-12(18(26)28-11-17(25)23-2)13-5-9-16(10-6-13)29-19(27)14-3-7-15(8-4-14)24-20(21)22/h3-10,12H,11H2,1-2H3,(H,23,25)(H4,21,22,24). The lowest BCUT2D eigenvalue weighted by atomic mass is 10.0. The van der Waals surface area contributed by atoms with Gasteiger partial charge in [0.1, 0.15) is 5.75 Å². The summed E-state index contributed by atoms with van der Waals surface area (Å²) in [6.07, 6.45) is 0. The van der Waals surface area contributed by atoms with E-state index in [1.807, 2.05) is 0 Å². The highest BCUT2D eigenvalue weighted by Crippen LogP contribution is 2.21. The minimum atomic E-state index is -0.576. The Hall–Kier alpha value is -3.88. The molecule has 5 N–H and O–H groups in total. The second kappa shape index (κ2) is 9.88. The van der Waals surface area contributed by atoms with Crippen molar-refractivity contribution in [2.45, 2.75) is 12.8 Å². The van der Waals surface area contributed by atoms with Gasteiger partial charge in [0, 0.05) is 7.05 Å². The normalized spacial score (nSPS) is 11.1. The van der Waals surface area contributed by atoms with E-state index in [4.69, 9.17) is 20.9 Å². The Balaban J connectivity index is 1.97. The Morgan fingerprint density at radius 3 is 2.21 bits per heavy atom. The van der Waals surface area contributed by atoms with Crippen molar-refractivity contribution in [1.29, 1.82) is 0 Å². The lowest BCUT2D eigenvalue weighted by molar-refractivity contribution is -0.149. The van der Waals surface area contributed by atoms with Gasteiger partial charge in [-0.05, 0) is 48.9 Å². The number of hydrogen-bond acceptors (Lipinski definition) is 6. The first kappa shape index (κ1) is 21.4. The van der Waals surface area contributed by atoms with E-state index < -0.39 is 17.9 Å². The van der Waals surface area contributed by atoms with Crippen LogP contribution in [0.25, 0.3) is 0 Å². The molecule has 0 saturated carbocycles. The number of nitrogens with two attached hydrogens (primary N) is 2. The molecule has 1 atom stereocenters. The number of ether oxygens (including phenoxy) is 2. The number of benzene rings is 2. The van der Waals surface area contributed by atoms with Gasteiger partial charge in [0.25, 0.3) is 5.91 Å². The van der Waals surface area contributed by atoms with Gasteiger partial charge in [-0.15, -0.1) is 0 Å². The van der Waals surface area contributed by atoms with E-state index in [2.05, 4.69) is 10.3 Å². The molecule has 0 saturated heterocycles. The predicted octanol–water partition coefficient (Wildman–Crippen LogP) is 1.20. The van der Waals surface area contributed by atoms with Gasteiger partial charge in [-0.1, -0.05) is 12.1 Å². The zero-order chi connectivity index (χ0) is 21.4. The number of likely N-dealkylation sites (N-methyl/N-ethyl adjacent to an activating group) is 1. The van der Waals surface area contributed by atoms with Crippen LogP contribution in [0.5, 0.6) is 5.75 Å². The summed E-state index contributed by atoms with van der Waals surface area (Å²) < 4.78 is 10.3. The molecular formula is C20H22N4O5. The fourth-order valence-corrected chi connectivity index (χ4v) is 2.28. The summed E-state index contributed by atoms with van der Waals surface area (Å²) in [5.74, 6) is -1.80. The van der Waals surface area contributed by atoms with Crippen molar-refractivity contribution in [1.82, 2.24) is 5.32 Å². The van der Waals surface area contributed by atoms with E-state index in [0.29, 0.717) is 22.6 Å². The van der Waals surface area contributed by atoms with Gasteiger partial charge < -0.3 is 26.3 Å². The molecule has 0 aliphatic rings. The number of aliphatic imine (C=N–C) groups is 1. The van der Waals surface area contributed by atoms with E-state index in [1.54, 1.807) is 55.5 Å². The second-order valence-corrected chi connectivity index (χ2v) is 6.04. The first-order valence-electron chi connectivity index (χ1n) is 8.69. The van der Waals surface area contributed by atoms with Crippen LogP contribution in [0, 0.1) is 0 Å². The fraction of sp³-hybridized carbons (Fsp3) is 0.200. The highest BCUT2D eigenvalue weighted by molar-refractivity contribution is 5.91. The van der Waals surface area contributed by atoms with Crippen LogP contribution in [-0.4, -0.2) is 37.5 Å². The lowest BCUT2D eigenvalue weighted by Crippen LogP contribution is -2.26. The van der Waals surface area contributed by atoms with E-state index >= 15 is 0 Å². The minimum Gasteiger partial charge on any atom is -0.455 e. The summed E-state index contributed by atoms with van der Waals surface area (Å²) in [6.45, 7) is 1.32. The molecule has 0 radical (unpaired) electrons. The molecule has 2 aromatic carbocycles. The average Bonchev–Trinajstić information content (AvgIpc) is 2.71. The molecule has 0 spiro atoms. The zero-order valence-corrected chi connectivity index (χ0v) is 16.0. The predicted molar refractivity (Wildman–Crippen MR) is 107 cm³/mol. The van der Waals surface area contributed by atoms with E-state index in [9.17, 15) is 14.4 Å². The first-order valence-corrected chi connectivity index (χ1v) is 8.69. The number of amides is 1. The van der Waals surface area contributed by atoms with E-state index in [-0.39, 0.29) is 18.5 Å². The van der Waals surface area contributed by atoms with Gasteiger partial charge >= 0.3 is 11.9 Å². The van der Waals surface area contributed by atoms with Gasteiger partial charge in [-0.3, -0.25) is 9.59 Å². The van der Waals surface area contributed by atoms with Crippen LogP contribution in [0.4, 0.5) is 5.69 Å². The Morgan fingerprint density at radius 1 is 1.03 bits per heavy atom. The molecule has 0 aliphatic heterocycles. The van der Waals surface area contributed by atoms with E-state index in [1.165, 1.54) is 7.05 Å². The number of nitrogens with zero attached hydrogens (tertiary/aromatic N) is 1. The molecule has 0 aromatic heterocycles. The quantitative estimate of drug-likeness (QED) is 0.275. The highest BCUT2D eigenvalue weighted by Gasteiger charge is 2.18. The Morgan fingerprint density at radius 2 is 1.66 bits per heavy atom. The van der Waals surface area contributed by atoms with Crippen LogP contribution in [-0.2, 0) is 14.3 Å². The maximum atomic E-state index is 12.2. The van der Waals surface area contributed by atoms with Crippen molar-refractivity contribution < 1.29 is 23.9 Å². The number of carbonyl (C=O) groups is 3. The summed E-state index contributed by atoms with van der Waals surface area (Å²) in [6, 6.07) is 12.7. The van der Waals surface area contributed by atoms with Gasteiger partial charge in [-0.2, -0.15) is 0 Å². The van der Waals surface area contributed by atoms with Gasteiger partial charge in [-0.25, -0.2) is 9.79 Å². The number of guanidine groups is 1. The Kier molecular flexibility index (Phi) is 7.30. The molecule has 0 heterocycles. The smallest absolute Gasteiger partial charge is 0.343 e. The van der Waals surface area contributed by atoms with Gasteiger partial charge in [0.05, 0.1) is 17.2 Å². The summed E-state index contributed by atoms with van der Waals surface area (Å²) in [5.41, 5.74) is 12.1. The van der Waals surface area contributed by atoms with Crippen molar-refractivity contribution in [3.63, 3.8) is 0 Å². The summed E-state index contributed by atoms with van der Waals surface area (Å²) >= 11 is 0. The molecule has 9 nitrogen and oxygen atoms in total. The Labute approximate surface area is 167 Å². The molecule has 1 unspecified atom stereocenters. The van der Waals surface area contributed by atoms with Crippen LogP contribution < -0.4 is 21.5 Å². The molecular weight excluding hydrogens is 376 g/mol. The maximum Gasteiger partial charge on any atom is 0.343 e. The molecule has 1 amide bonds. The zero-order valence-electron chi connectivity index (χ0n) is 16.0. The molecule has 0 aliphatic carbocycles. The molecule has 2 rings (SSSR count). The summed E-state index contributed by atoms with van der Waals surface area (Å²) in [5, 5.41) is 2.37. The highest BCUT2D eigenvalue weighted by atomic mass is 16.5. The molecule has 9 heteroatoms. The minimum absolute atomic E-state index is 0.0767.